The first-order chi connectivity index (χ1) is 9.38. The third-order valence-corrected chi connectivity index (χ3v) is 3.89. The van der Waals surface area contributed by atoms with E-state index in [0.29, 0.717) is 16.9 Å². The summed E-state index contributed by atoms with van der Waals surface area (Å²) in [5.41, 5.74) is 7.41. The fourth-order valence-corrected chi connectivity index (χ4v) is 2.42. The van der Waals surface area contributed by atoms with Gasteiger partial charge in [0.2, 0.25) is 0 Å². The molecule has 20 heavy (non-hydrogen) atoms. The topological polar surface area (TPSA) is 72.2 Å². The van der Waals surface area contributed by atoms with Crippen LogP contribution in [-0.4, -0.2) is 14.7 Å². The van der Waals surface area contributed by atoms with E-state index in [4.69, 9.17) is 5.73 Å². The van der Waals surface area contributed by atoms with Gasteiger partial charge in [-0.3, -0.25) is 0 Å². The van der Waals surface area contributed by atoms with Gasteiger partial charge in [-0.05, 0) is 48.0 Å². The zero-order chi connectivity index (χ0) is 14.8. The SMILES string of the molecule is CS(=O)(=O)c1ccc(Nc2cc(F)cc(CN)c2)cc1. The van der Waals surface area contributed by atoms with Crippen molar-refractivity contribution in [3.05, 3.63) is 53.8 Å². The molecule has 0 radical (unpaired) electrons. The highest BCUT2D eigenvalue weighted by Crippen LogP contribution is 2.21. The Morgan fingerprint density at radius 3 is 2.30 bits per heavy atom. The van der Waals surface area contributed by atoms with E-state index in [1.807, 2.05) is 0 Å². The molecular weight excluding hydrogens is 279 g/mol. The first kappa shape index (κ1) is 14.5. The molecule has 0 aliphatic rings. The second kappa shape index (κ2) is 5.60. The Labute approximate surface area is 117 Å². The van der Waals surface area contributed by atoms with Crippen LogP contribution in [-0.2, 0) is 16.4 Å². The van der Waals surface area contributed by atoms with Gasteiger partial charge in [-0.2, -0.15) is 0 Å². The molecule has 0 aliphatic heterocycles. The predicted molar refractivity (Wildman–Crippen MR) is 77.1 cm³/mol. The summed E-state index contributed by atoms with van der Waals surface area (Å²) in [5.74, 6) is -0.372. The molecule has 106 valence electrons. The van der Waals surface area contributed by atoms with E-state index in [0.717, 1.165) is 6.26 Å². The fourth-order valence-electron chi connectivity index (χ4n) is 1.79. The number of benzene rings is 2. The van der Waals surface area contributed by atoms with Crippen molar-refractivity contribution in [3.63, 3.8) is 0 Å². The van der Waals surface area contributed by atoms with Crippen LogP contribution >= 0.6 is 0 Å². The van der Waals surface area contributed by atoms with E-state index < -0.39 is 9.84 Å². The van der Waals surface area contributed by atoms with Gasteiger partial charge in [0.05, 0.1) is 4.90 Å². The summed E-state index contributed by atoms with van der Waals surface area (Å²) in [6.45, 7) is 0.249. The normalized spacial score (nSPS) is 11.3. The Balaban J connectivity index is 2.24. The lowest BCUT2D eigenvalue weighted by atomic mass is 10.2. The van der Waals surface area contributed by atoms with E-state index in [-0.39, 0.29) is 17.3 Å². The average Bonchev–Trinajstić information content (AvgIpc) is 2.37. The van der Waals surface area contributed by atoms with Gasteiger partial charge < -0.3 is 11.1 Å². The van der Waals surface area contributed by atoms with Crippen molar-refractivity contribution in [2.75, 3.05) is 11.6 Å². The second-order valence-electron chi connectivity index (χ2n) is 4.47. The highest BCUT2D eigenvalue weighted by molar-refractivity contribution is 7.90. The average molecular weight is 294 g/mol. The van der Waals surface area contributed by atoms with Crippen molar-refractivity contribution >= 4 is 21.2 Å². The number of anilines is 2. The molecule has 2 aromatic carbocycles. The molecule has 0 aliphatic carbocycles. The van der Waals surface area contributed by atoms with Gasteiger partial charge in [-0.1, -0.05) is 0 Å². The summed E-state index contributed by atoms with van der Waals surface area (Å²) < 4.78 is 36.1. The van der Waals surface area contributed by atoms with Gasteiger partial charge in [-0.15, -0.1) is 0 Å². The summed E-state index contributed by atoms with van der Waals surface area (Å²) in [5, 5.41) is 3.01. The predicted octanol–water partition coefficient (Wildman–Crippen LogP) is 2.43. The smallest absolute Gasteiger partial charge is 0.175 e. The van der Waals surface area contributed by atoms with Gasteiger partial charge in [0.15, 0.2) is 9.84 Å². The Bertz CT molecular complexity index is 712. The van der Waals surface area contributed by atoms with Crippen LogP contribution in [0.2, 0.25) is 0 Å². The number of nitrogens with one attached hydrogen (secondary N) is 1. The fraction of sp³-hybridized carbons (Fsp3) is 0.143. The number of nitrogens with two attached hydrogens (primary N) is 1. The minimum Gasteiger partial charge on any atom is -0.355 e. The van der Waals surface area contributed by atoms with Crippen LogP contribution in [0, 0.1) is 5.82 Å². The minimum atomic E-state index is -3.21. The summed E-state index contributed by atoms with van der Waals surface area (Å²) >= 11 is 0. The van der Waals surface area contributed by atoms with Crippen LogP contribution in [0.15, 0.2) is 47.4 Å². The van der Waals surface area contributed by atoms with E-state index in [9.17, 15) is 12.8 Å². The molecule has 0 fully saturated rings. The Morgan fingerprint density at radius 2 is 1.75 bits per heavy atom. The van der Waals surface area contributed by atoms with Crippen molar-refractivity contribution < 1.29 is 12.8 Å². The van der Waals surface area contributed by atoms with Crippen LogP contribution in [0.3, 0.4) is 0 Å². The molecule has 0 unspecified atom stereocenters. The first-order valence-electron chi connectivity index (χ1n) is 5.95. The third-order valence-electron chi connectivity index (χ3n) is 2.76. The number of hydrogen-bond donors (Lipinski definition) is 2. The Hall–Kier alpha value is -1.92. The molecular formula is C14H15FN2O2S. The van der Waals surface area contributed by atoms with E-state index in [1.165, 1.54) is 24.3 Å². The largest absolute Gasteiger partial charge is 0.355 e. The van der Waals surface area contributed by atoms with Crippen LogP contribution in [0.1, 0.15) is 5.56 Å². The summed E-state index contributed by atoms with van der Waals surface area (Å²) in [4.78, 5) is 0.241. The molecule has 0 heterocycles. The molecule has 0 bridgehead atoms. The van der Waals surface area contributed by atoms with Gasteiger partial charge in [0.1, 0.15) is 5.82 Å². The van der Waals surface area contributed by atoms with Gasteiger partial charge in [0.25, 0.3) is 0 Å². The Morgan fingerprint density at radius 1 is 1.10 bits per heavy atom. The van der Waals surface area contributed by atoms with Gasteiger partial charge in [-0.25, -0.2) is 12.8 Å². The maximum absolute atomic E-state index is 13.4. The van der Waals surface area contributed by atoms with Gasteiger partial charge in [0, 0.05) is 24.2 Å². The van der Waals surface area contributed by atoms with E-state index in [2.05, 4.69) is 5.32 Å². The maximum Gasteiger partial charge on any atom is 0.175 e. The molecule has 3 N–H and O–H groups in total. The lowest BCUT2D eigenvalue weighted by Crippen LogP contribution is -2.00. The van der Waals surface area contributed by atoms with Gasteiger partial charge >= 0.3 is 0 Å². The molecule has 2 aromatic rings. The monoisotopic (exact) mass is 294 g/mol. The molecule has 0 atom stereocenters. The standard InChI is InChI=1S/C14H15FN2O2S/c1-20(18,19)14-4-2-12(3-5-14)17-13-7-10(9-16)6-11(15)8-13/h2-8,17H,9,16H2,1H3. The lowest BCUT2D eigenvalue weighted by Gasteiger charge is -2.09. The van der Waals surface area contributed by atoms with E-state index >= 15 is 0 Å². The lowest BCUT2D eigenvalue weighted by molar-refractivity contribution is 0.602. The molecule has 4 nitrogen and oxygen atoms in total. The number of sulfone groups is 1. The first-order valence-corrected chi connectivity index (χ1v) is 7.84. The van der Waals surface area contributed by atoms with Crippen LogP contribution < -0.4 is 11.1 Å². The molecule has 0 spiro atoms. The van der Waals surface area contributed by atoms with Crippen LogP contribution in [0.4, 0.5) is 15.8 Å². The van der Waals surface area contributed by atoms with Crippen molar-refractivity contribution in [2.24, 2.45) is 5.73 Å². The van der Waals surface area contributed by atoms with Crippen LogP contribution in [0.5, 0.6) is 0 Å². The van der Waals surface area contributed by atoms with Crippen molar-refractivity contribution in [1.82, 2.24) is 0 Å². The molecule has 0 amide bonds. The zero-order valence-electron chi connectivity index (χ0n) is 10.9. The highest BCUT2D eigenvalue weighted by atomic mass is 32.2. The van der Waals surface area contributed by atoms with E-state index in [1.54, 1.807) is 18.2 Å². The summed E-state index contributed by atoms with van der Waals surface area (Å²) in [6, 6.07) is 10.7. The second-order valence-corrected chi connectivity index (χ2v) is 6.49. The van der Waals surface area contributed by atoms with Crippen molar-refractivity contribution in [1.29, 1.82) is 0 Å². The number of rotatable bonds is 4. The zero-order valence-corrected chi connectivity index (χ0v) is 11.7. The maximum atomic E-state index is 13.4. The molecule has 0 aromatic heterocycles. The summed E-state index contributed by atoms with van der Waals surface area (Å²) in [7, 11) is -3.21. The van der Waals surface area contributed by atoms with Crippen LogP contribution in [0.25, 0.3) is 0 Å². The molecule has 0 saturated carbocycles. The number of halogens is 1. The minimum absolute atomic E-state index is 0.241. The molecule has 0 saturated heterocycles. The van der Waals surface area contributed by atoms with Crippen molar-refractivity contribution in [3.8, 4) is 0 Å². The molecule has 2 rings (SSSR count). The van der Waals surface area contributed by atoms with Crippen molar-refractivity contribution in [2.45, 2.75) is 11.4 Å². The quantitative estimate of drug-likeness (QED) is 0.908. The Kier molecular flexibility index (Phi) is 4.06. The third kappa shape index (κ3) is 3.55. The summed E-state index contributed by atoms with van der Waals surface area (Å²) in [6.07, 6.45) is 1.15. The number of hydrogen-bond acceptors (Lipinski definition) is 4. The molecule has 6 heteroatoms. The highest BCUT2D eigenvalue weighted by Gasteiger charge is 2.06.